The third kappa shape index (κ3) is 1.58. The Balaban J connectivity index is 2.40. The van der Waals surface area contributed by atoms with Crippen molar-refractivity contribution in [3.8, 4) is 0 Å². The molecule has 0 bridgehead atoms. The van der Waals surface area contributed by atoms with Crippen LogP contribution in [0.25, 0.3) is 0 Å². The fourth-order valence-electron chi connectivity index (χ4n) is 1.65. The van der Waals surface area contributed by atoms with Crippen LogP contribution in [-0.4, -0.2) is 11.7 Å². The molecule has 0 saturated carbocycles. The van der Waals surface area contributed by atoms with Crippen molar-refractivity contribution in [2.75, 3.05) is 10.6 Å². The Kier molecular flexibility index (Phi) is 2.48. The van der Waals surface area contributed by atoms with E-state index in [9.17, 15) is 4.79 Å². The number of nitrogens with zero attached hydrogens (tertiary/aromatic N) is 2. The Morgan fingerprint density at radius 2 is 1.94 bits per heavy atom. The lowest BCUT2D eigenvalue weighted by Crippen LogP contribution is -2.30. The fourth-order valence-corrected chi connectivity index (χ4v) is 1.65. The summed E-state index contributed by atoms with van der Waals surface area (Å²) in [6.45, 7) is 3.61. The number of carbonyl (C=O) groups is 1. The summed E-state index contributed by atoms with van der Waals surface area (Å²) in [6, 6.07) is 7.16. The van der Waals surface area contributed by atoms with Crippen molar-refractivity contribution in [2.45, 2.75) is 13.8 Å². The number of anilines is 2. The highest BCUT2D eigenvalue weighted by atomic mass is 16.2. The van der Waals surface area contributed by atoms with Gasteiger partial charge in [-0.3, -0.25) is 9.69 Å². The van der Waals surface area contributed by atoms with E-state index in [-0.39, 0.29) is 5.91 Å². The van der Waals surface area contributed by atoms with Gasteiger partial charge in [-0.1, -0.05) is 6.08 Å². The Bertz CT molecular complexity index is 483. The van der Waals surface area contributed by atoms with E-state index < -0.39 is 0 Å². The van der Waals surface area contributed by atoms with Gasteiger partial charge in [-0.15, -0.1) is 0 Å². The third-order valence-corrected chi connectivity index (χ3v) is 2.45. The van der Waals surface area contributed by atoms with E-state index in [1.165, 1.54) is 0 Å². The van der Waals surface area contributed by atoms with E-state index in [0.29, 0.717) is 17.2 Å². The normalized spacial score (nSPS) is 18.1. The summed E-state index contributed by atoms with van der Waals surface area (Å²) in [5, 5.41) is 0. The molecular weight excluding hydrogens is 202 g/mol. The fraction of sp³-hybridized carbons (Fsp3) is 0.167. The van der Waals surface area contributed by atoms with Gasteiger partial charge in [0.2, 0.25) is 0 Å². The molecule has 4 nitrogen and oxygen atoms in total. The molecule has 1 amide bonds. The molecule has 1 aromatic rings. The summed E-state index contributed by atoms with van der Waals surface area (Å²) in [4.78, 5) is 17.7. The SMILES string of the molecule is C/C=C1\N=C(C)N(c2ccc(N)cc2)C1=O. The average molecular weight is 215 g/mol. The van der Waals surface area contributed by atoms with Crippen molar-refractivity contribution in [1.82, 2.24) is 0 Å². The molecule has 1 heterocycles. The number of hydrogen-bond donors (Lipinski definition) is 1. The van der Waals surface area contributed by atoms with Crippen molar-refractivity contribution in [3.63, 3.8) is 0 Å². The van der Waals surface area contributed by atoms with Crippen LogP contribution in [0.1, 0.15) is 13.8 Å². The van der Waals surface area contributed by atoms with Crippen molar-refractivity contribution in [3.05, 3.63) is 36.0 Å². The largest absolute Gasteiger partial charge is 0.399 e. The van der Waals surface area contributed by atoms with E-state index in [4.69, 9.17) is 5.73 Å². The first-order valence-electron chi connectivity index (χ1n) is 5.05. The summed E-state index contributed by atoms with van der Waals surface area (Å²) >= 11 is 0. The molecule has 16 heavy (non-hydrogen) atoms. The van der Waals surface area contributed by atoms with Gasteiger partial charge in [-0.05, 0) is 38.1 Å². The Hall–Kier alpha value is -2.10. The van der Waals surface area contributed by atoms with Crippen molar-refractivity contribution in [2.24, 2.45) is 4.99 Å². The molecule has 0 aliphatic carbocycles. The van der Waals surface area contributed by atoms with Gasteiger partial charge < -0.3 is 5.73 Å². The van der Waals surface area contributed by atoms with Gasteiger partial charge in [0.1, 0.15) is 11.5 Å². The van der Waals surface area contributed by atoms with E-state index in [1.807, 2.05) is 19.1 Å². The second kappa shape index (κ2) is 3.81. The van der Waals surface area contributed by atoms with E-state index >= 15 is 0 Å². The van der Waals surface area contributed by atoms with Crippen LogP contribution in [0, 0.1) is 0 Å². The van der Waals surface area contributed by atoms with Gasteiger partial charge in [0.25, 0.3) is 5.91 Å². The Morgan fingerprint density at radius 1 is 1.31 bits per heavy atom. The van der Waals surface area contributed by atoms with Gasteiger partial charge >= 0.3 is 0 Å². The monoisotopic (exact) mass is 215 g/mol. The minimum atomic E-state index is -0.0928. The van der Waals surface area contributed by atoms with Crippen LogP contribution in [0.4, 0.5) is 11.4 Å². The molecular formula is C12H13N3O. The molecule has 4 heteroatoms. The Morgan fingerprint density at radius 3 is 2.44 bits per heavy atom. The zero-order valence-corrected chi connectivity index (χ0v) is 9.27. The zero-order valence-electron chi connectivity index (χ0n) is 9.27. The standard InChI is InChI=1S/C12H13N3O/c1-3-11-12(16)15(8(2)14-11)10-6-4-9(13)5-7-10/h3-7H,13H2,1-2H3/b11-3-. The van der Waals surface area contributed by atoms with Crippen molar-refractivity contribution < 1.29 is 4.79 Å². The van der Waals surface area contributed by atoms with Crippen LogP contribution in [0.15, 0.2) is 41.0 Å². The van der Waals surface area contributed by atoms with Crippen molar-refractivity contribution >= 4 is 23.1 Å². The van der Waals surface area contributed by atoms with Crippen LogP contribution < -0.4 is 10.6 Å². The number of benzene rings is 1. The molecule has 1 aliphatic rings. The molecule has 0 atom stereocenters. The second-order valence-corrected chi connectivity index (χ2v) is 3.57. The maximum Gasteiger partial charge on any atom is 0.282 e. The van der Waals surface area contributed by atoms with Gasteiger partial charge in [-0.25, -0.2) is 4.99 Å². The molecule has 0 radical (unpaired) electrons. The summed E-state index contributed by atoms with van der Waals surface area (Å²) in [5.41, 5.74) is 7.55. The van der Waals surface area contributed by atoms with Crippen LogP contribution in [0.3, 0.4) is 0 Å². The molecule has 0 unspecified atom stereocenters. The molecule has 1 aromatic carbocycles. The molecule has 0 saturated heterocycles. The number of allylic oxidation sites excluding steroid dienone is 1. The first-order valence-corrected chi connectivity index (χ1v) is 5.05. The minimum Gasteiger partial charge on any atom is -0.399 e. The van der Waals surface area contributed by atoms with Crippen LogP contribution in [0.5, 0.6) is 0 Å². The molecule has 2 N–H and O–H groups in total. The first-order chi connectivity index (χ1) is 7.63. The molecule has 1 aliphatic heterocycles. The number of nitrogens with two attached hydrogens (primary N) is 1. The predicted molar refractivity (Wildman–Crippen MR) is 65.2 cm³/mol. The molecule has 2 rings (SSSR count). The second-order valence-electron chi connectivity index (χ2n) is 3.57. The van der Waals surface area contributed by atoms with Gasteiger partial charge in [0.05, 0.1) is 5.69 Å². The van der Waals surface area contributed by atoms with Crippen LogP contribution >= 0.6 is 0 Å². The minimum absolute atomic E-state index is 0.0928. The van der Waals surface area contributed by atoms with Gasteiger partial charge in [0.15, 0.2) is 0 Å². The summed E-state index contributed by atoms with van der Waals surface area (Å²) in [5.74, 6) is 0.590. The van der Waals surface area contributed by atoms with E-state index in [2.05, 4.69) is 4.99 Å². The molecule has 0 spiro atoms. The lowest BCUT2D eigenvalue weighted by atomic mass is 10.2. The van der Waals surface area contributed by atoms with Crippen molar-refractivity contribution in [1.29, 1.82) is 0 Å². The highest BCUT2D eigenvalue weighted by Gasteiger charge is 2.27. The summed E-state index contributed by atoms with van der Waals surface area (Å²) in [6.07, 6.45) is 1.71. The van der Waals surface area contributed by atoms with Gasteiger partial charge in [0, 0.05) is 5.69 Å². The van der Waals surface area contributed by atoms with Crippen LogP contribution in [-0.2, 0) is 4.79 Å². The maximum atomic E-state index is 11.9. The maximum absolute atomic E-state index is 11.9. The number of nitrogen functional groups attached to an aromatic ring is 1. The topological polar surface area (TPSA) is 58.7 Å². The van der Waals surface area contributed by atoms with E-state index in [1.54, 1.807) is 30.0 Å². The number of aliphatic imine (C=N–C) groups is 1. The molecule has 0 aromatic heterocycles. The van der Waals surface area contributed by atoms with Gasteiger partial charge in [-0.2, -0.15) is 0 Å². The highest BCUT2D eigenvalue weighted by Crippen LogP contribution is 2.24. The number of carbonyl (C=O) groups excluding carboxylic acids is 1. The quantitative estimate of drug-likeness (QED) is 0.575. The van der Waals surface area contributed by atoms with Crippen LogP contribution in [0.2, 0.25) is 0 Å². The molecule has 82 valence electrons. The third-order valence-electron chi connectivity index (χ3n) is 2.45. The highest BCUT2D eigenvalue weighted by molar-refractivity contribution is 6.26. The smallest absolute Gasteiger partial charge is 0.282 e. The number of rotatable bonds is 1. The number of amidine groups is 1. The Labute approximate surface area is 94.1 Å². The first kappa shape index (κ1) is 10.4. The zero-order chi connectivity index (χ0) is 11.7. The molecule has 0 fully saturated rings. The predicted octanol–water partition coefficient (Wildman–Crippen LogP) is 1.94. The lowest BCUT2D eigenvalue weighted by Gasteiger charge is -2.15. The lowest BCUT2D eigenvalue weighted by molar-refractivity contribution is -0.113. The number of hydrogen-bond acceptors (Lipinski definition) is 3. The average Bonchev–Trinajstić information content (AvgIpc) is 2.56. The number of amides is 1. The summed E-state index contributed by atoms with van der Waals surface area (Å²) < 4.78 is 0. The summed E-state index contributed by atoms with van der Waals surface area (Å²) in [7, 11) is 0. The van der Waals surface area contributed by atoms with E-state index in [0.717, 1.165) is 5.69 Å².